The van der Waals surface area contributed by atoms with Crippen molar-refractivity contribution in [3.05, 3.63) is 0 Å². The van der Waals surface area contributed by atoms with Crippen molar-refractivity contribution in [1.29, 1.82) is 0 Å². The molecule has 6 heteroatoms. The number of carbonyl (C=O) groups excluding carboxylic acids is 1. The SMILES string of the molecule is CN(CC(CF)C(=O)O)C(=O)OC(C)(C)C. The summed E-state index contributed by atoms with van der Waals surface area (Å²) < 4.78 is 17.3. The van der Waals surface area contributed by atoms with Crippen molar-refractivity contribution in [2.24, 2.45) is 5.92 Å². The summed E-state index contributed by atoms with van der Waals surface area (Å²) in [6.45, 7) is 3.87. The number of nitrogens with zero attached hydrogens (tertiary/aromatic N) is 1. The molecule has 1 unspecified atom stereocenters. The first-order chi connectivity index (χ1) is 7.17. The Morgan fingerprint density at radius 1 is 1.44 bits per heavy atom. The normalized spacial score (nSPS) is 13.1. The van der Waals surface area contributed by atoms with E-state index in [0.717, 1.165) is 4.90 Å². The van der Waals surface area contributed by atoms with Crippen LogP contribution >= 0.6 is 0 Å². The Morgan fingerprint density at radius 3 is 2.25 bits per heavy atom. The van der Waals surface area contributed by atoms with Gasteiger partial charge in [0.05, 0.1) is 0 Å². The predicted molar refractivity (Wildman–Crippen MR) is 56.0 cm³/mol. The molecule has 1 amide bonds. The summed E-state index contributed by atoms with van der Waals surface area (Å²) in [6.07, 6.45) is -0.660. The van der Waals surface area contributed by atoms with Crippen molar-refractivity contribution >= 4 is 12.1 Å². The van der Waals surface area contributed by atoms with Crippen LogP contribution in [0.1, 0.15) is 20.8 Å². The third-order valence-electron chi connectivity index (χ3n) is 1.73. The summed E-state index contributed by atoms with van der Waals surface area (Å²) in [5.74, 6) is -2.48. The minimum Gasteiger partial charge on any atom is -0.481 e. The number of carboxylic acids is 1. The van der Waals surface area contributed by atoms with E-state index in [1.165, 1.54) is 7.05 Å². The number of rotatable bonds is 4. The maximum atomic E-state index is 12.3. The Labute approximate surface area is 94.2 Å². The molecule has 0 aliphatic heterocycles. The molecule has 1 atom stereocenters. The molecule has 16 heavy (non-hydrogen) atoms. The molecule has 94 valence electrons. The Balaban J connectivity index is 4.29. The highest BCUT2D eigenvalue weighted by atomic mass is 19.1. The highest BCUT2D eigenvalue weighted by Crippen LogP contribution is 2.10. The summed E-state index contributed by atoms with van der Waals surface area (Å²) in [5, 5.41) is 8.62. The maximum absolute atomic E-state index is 12.3. The Bertz CT molecular complexity index is 262. The number of amides is 1. The van der Waals surface area contributed by atoms with Gasteiger partial charge in [-0.25, -0.2) is 4.79 Å². The second-order valence-corrected chi connectivity index (χ2v) is 4.55. The van der Waals surface area contributed by atoms with E-state index in [1.54, 1.807) is 20.8 Å². The molecule has 0 saturated carbocycles. The molecular formula is C10H18FNO4. The standard InChI is InChI=1S/C10H18FNO4/c1-10(2,3)16-9(15)12(4)6-7(5-11)8(13)14/h7H,5-6H2,1-4H3,(H,13,14). The number of halogens is 1. The topological polar surface area (TPSA) is 66.8 Å². The molecule has 0 radical (unpaired) electrons. The van der Waals surface area contributed by atoms with Gasteiger partial charge in [0.15, 0.2) is 0 Å². The number of hydrogen-bond donors (Lipinski definition) is 1. The van der Waals surface area contributed by atoms with Gasteiger partial charge >= 0.3 is 12.1 Å². The van der Waals surface area contributed by atoms with E-state index in [4.69, 9.17) is 9.84 Å². The third-order valence-corrected chi connectivity index (χ3v) is 1.73. The second-order valence-electron chi connectivity index (χ2n) is 4.55. The van der Waals surface area contributed by atoms with Crippen molar-refractivity contribution in [3.63, 3.8) is 0 Å². The Morgan fingerprint density at radius 2 is 1.94 bits per heavy atom. The first-order valence-corrected chi connectivity index (χ1v) is 4.90. The van der Waals surface area contributed by atoms with Crippen LogP contribution in [0.15, 0.2) is 0 Å². The average molecular weight is 235 g/mol. The van der Waals surface area contributed by atoms with Gasteiger partial charge < -0.3 is 14.7 Å². The minimum atomic E-state index is -1.27. The monoisotopic (exact) mass is 235 g/mol. The molecule has 0 rings (SSSR count). The van der Waals surface area contributed by atoms with Crippen LogP contribution in [0, 0.1) is 5.92 Å². The molecular weight excluding hydrogens is 217 g/mol. The van der Waals surface area contributed by atoms with Crippen LogP contribution in [0.3, 0.4) is 0 Å². The Hall–Kier alpha value is -1.33. The zero-order valence-corrected chi connectivity index (χ0v) is 9.99. The van der Waals surface area contributed by atoms with Gasteiger partial charge in [-0.15, -0.1) is 0 Å². The summed E-state index contributed by atoms with van der Waals surface area (Å²) in [5.41, 5.74) is -0.653. The van der Waals surface area contributed by atoms with Gasteiger partial charge in [0.25, 0.3) is 0 Å². The quantitative estimate of drug-likeness (QED) is 0.802. The maximum Gasteiger partial charge on any atom is 0.410 e. The van der Waals surface area contributed by atoms with Gasteiger partial charge in [-0.2, -0.15) is 0 Å². The number of hydrogen-bond acceptors (Lipinski definition) is 3. The van der Waals surface area contributed by atoms with Gasteiger partial charge in [-0.3, -0.25) is 9.18 Å². The molecule has 0 aliphatic rings. The third kappa shape index (κ3) is 5.53. The number of ether oxygens (including phenoxy) is 1. The largest absolute Gasteiger partial charge is 0.481 e. The molecule has 0 saturated heterocycles. The average Bonchev–Trinajstić information content (AvgIpc) is 2.10. The fourth-order valence-electron chi connectivity index (χ4n) is 0.938. The van der Waals surface area contributed by atoms with E-state index in [-0.39, 0.29) is 6.54 Å². The number of alkyl halides is 1. The van der Waals surface area contributed by atoms with E-state index in [1.807, 2.05) is 0 Å². The van der Waals surface area contributed by atoms with E-state index in [9.17, 15) is 14.0 Å². The lowest BCUT2D eigenvalue weighted by molar-refractivity contribution is -0.142. The van der Waals surface area contributed by atoms with Crippen LogP contribution in [0.5, 0.6) is 0 Å². The summed E-state index contributed by atoms with van der Waals surface area (Å²) in [7, 11) is 1.37. The van der Waals surface area contributed by atoms with Gasteiger partial charge in [-0.1, -0.05) is 0 Å². The first-order valence-electron chi connectivity index (χ1n) is 4.90. The first kappa shape index (κ1) is 14.7. The van der Waals surface area contributed by atoms with Crippen molar-refractivity contribution in [2.75, 3.05) is 20.3 Å². The number of carboxylic acid groups (broad SMARTS) is 1. The minimum absolute atomic E-state index is 0.208. The molecule has 0 fully saturated rings. The summed E-state index contributed by atoms with van der Waals surface area (Å²) >= 11 is 0. The van der Waals surface area contributed by atoms with Gasteiger partial charge in [-0.05, 0) is 20.8 Å². The molecule has 5 nitrogen and oxygen atoms in total. The van der Waals surface area contributed by atoms with Crippen molar-refractivity contribution in [3.8, 4) is 0 Å². The lowest BCUT2D eigenvalue weighted by Crippen LogP contribution is -2.39. The van der Waals surface area contributed by atoms with E-state index in [2.05, 4.69) is 0 Å². The van der Waals surface area contributed by atoms with Gasteiger partial charge in [0.1, 0.15) is 18.2 Å². The number of carbonyl (C=O) groups is 2. The summed E-state index contributed by atoms with van der Waals surface area (Å²) in [6, 6.07) is 0. The fraction of sp³-hybridized carbons (Fsp3) is 0.800. The molecule has 0 aromatic rings. The zero-order chi connectivity index (χ0) is 12.9. The highest BCUT2D eigenvalue weighted by Gasteiger charge is 2.25. The summed E-state index contributed by atoms with van der Waals surface area (Å²) in [4.78, 5) is 23.0. The van der Waals surface area contributed by atoms with Gasteiger partial charge in [0, 0.05) is 13.6 Å². The fourth-order valence-corrected chi connectivity index (χ4v) is 0.938. The molecule has 0 heterocycles. The van der Waals surface area contributed by atoms with Crippen LogP contribution in [0.2, 0.25) is 0 Å². The zero-order valence-electron chi connectivity index (χ0n) is 9.99. The van der Waals surface area contributed by atoms with Gasteiger partial charge in [0.2, 0.25) is 0 Å². The van der Waals surface area contributed by atoms with Crippen molar-refractivity contribution < 1.29 is 23.8 Å². The lowest BCUT2D eigenvalue weighted by Gasteiger charge is -2.25. The van der Waals surface area contributed by atoms with E-state index < -0.39 is 30.3 Å². The molecule has 0 aromatic carbocycles. The van der Waals surface area contributed by atoms with Crippen LogP contribution in [0.4, 0.5) is 9.18 Å². The molecule has 1 N–H and O–H groups in total. The second kappa shape index (κ2) is 5.67. The Kier molecular flexibility index (Phi) is 5.20. The van der Waals surface area contributed by atoms with E-state index in [0.29, 0.717) is 0 Å². The van der Waals surface area contributed by atoms with Crippen LogP contribution in [-0.4, -0.2) is 47.9 Å². The lowest BCUT2D eigenvalue weighted by atomic mass is 10.1. The predicted octanol–water partition coefficient (Wildman–Crippen LogP) is 1.52. The highest BCUT2D eigenvalue weighted by molar-refractivity contribution is 5.72. The smallest absolute Gasteiger partial charge is 0.410 e. The van der Waals surface area contributed by atoms with Crippen LogP contribution < -0.4 is 0 Å². The van der Waals surface area contributed by atoms with Crippen molar-refractivity contribution in [1.82, 2.24) is 4.90 Å². The van der Waals surface area contributed by atoms with E-state index >= 15 is 0 Å². The molecule has 0 spiro atoms. The van der Waals surface area contributed by atoms with Crippen LogP contribution in [0.25, 0.3) is 0 Å². The van der Waals surface area contributed by atoms with Crippen LogP contribution in [-0.2, 0) is 9.53 Å². The van der Waals surface area contributed by atoms with Crippen molar-refractivity contribution in [2.45, 2.75) is 26.4 Å². The molecule has 0 bridgehead atoms. The molecule has 0 aliphatic carbocycles. The number of aliphatic carboxylic acids is 1. The molecule has 0 aromatic heterocycles.